The summed E-state index contributed by atoms with van der Waals surface area (Å²) in [6.07, 6.45) is 3.97. The molecule has 2 N–H and O–H groups in total. The maximum absolute atomic E-state index is 11.5. The van der Waals surface area contributed by atoms with Gasteiger partial charge in [-0.3, -0.25) is 4.79 Å². The number of H-pyrrole nitrogens is 1. The maximum Gasteiger partial charge on any atom is 0.251 e. The van der Waals surface area contributed by atoms with Crippen LogP contribution in [0.2, 0.25) is 0 Å². The van der Waals surface area contributed by atoms with Crippen molar-refractivity contribution in [3.63, 3.8) is 0 Å². The number of carbonyl (C=O) groups excluding carboxylic acids is 1. The maximum atomic E-state index is 11.5. The summed E-state index contributed by atoms with van der Waals surface area (Å²) in [5, 5.41) is 2.87. The SMILES string of the molecule is CC1=C(C)/C(=C/c2[nH]cc(C)c2C)NC1=O. The number of allylic oxidation sites excluding steroid dienone is 1. The van der Waals surface area contributed by atoms with Crippen molar-refractivity contribution < 1.29 is 4.79 Å². The molecule has 0 aliphatic carbocycles. The summed E-state index contributed by atoms with van der Waals surface area (Å²) < 4.78 is 0. The van der Waals surface area contributed by atoms with Crippen molar-refractivity contribution >= 4 is 12.0 Å². The minimum Gasteiger partial charge on any atom is -0.361 e. The normalized spacial score (nSPS) is 18.5. The lowest BCUT2D eigenvalue weighted by Gasteiger charge is -2.00. The minimum atomic E-state index is 0.00433. The first-order valence-electron chi connectivity index (χ1n) is 5.36. The average molecular weight is 216 g/mol. The van der Waals surface area contributed by atoms with Gasteiger partial charge in [0.15, 0.2) is 0 Å². The van der Waals surface area contributed by atoms with Crippen molar-refractivity contribution in [1.29, 1.82) is 0 Å². The molecule has 1 aliphatic rings. The topological polar surface area (TPSA) is 44.9 Å². The van der Waals surface area contributed by atoms with Gasteiger partial charge >= 0.3 is 0 Å². The Kier molecular flexibility index (Phi) is 2.46. The molecule has 0 aromatic carbocycles. The predicted molar refractivity (Wildman–Crippen MR) is 64.8 cm³/mol. The van der Waals surface area contributed by atoms with E-state index in [1.165, 1.54) is 11.1 Å². The quantitative estimate of drug-likeness (QED) is 0.744. The molecule has 0 bridgehead atoms. The highest BCUT2D eigenvalue weighted by Crippen LogP contribution is 2.23. The average Bonchev–Trinajstić information content (AvgIpc) is 2.68. The fraction of sp³-hybridized carbons (Fsp3) is 0.308. The smallest absolute Gasteiger partial charge is 0.251 e. The molecular weight excluding hydrogens is 200 g/mol. The third kappa shape index (κ3) is 1.58. The van der Waals surface area contributed by atoms with E-state index < -0.39 is 0 Å². The van der Waals surface area contributed by atoms with Gasteiger partial charge < -0.3 is 10.3 Å². The molecule has 0 saturated heterocycles. The Bertz CT molecular complexity index is 518. The van der Waals surface area contributed by atoms with Crippen LogP contribution in [0.25, 0.3) is 6.08 Å². The molecule has 0 saturated carbocycles. The number of amides is 1. The van der Waals surface area contributed by atoms with Crippen LogP contribution in [0, 0.1) is 13.8 Å². The first-order chi connectivity index (χ1) is 7.50. The van der Waals surface area contributed by atoms with Gasteiger partial charge in [0.1, 0.15) is 0 Å². The molecule has 1 amide bonds. The molecule has 3 heteroatoms. The zero-order valence-corrected chi connectivity index (χ0v) is 10.1. The van der Waals surface area contributed by atoms with E-state index in [2.05, 4.69) is 24.1 Å². The largest absolute Gasteiger partial charge is 0.361 e. The van der Waals surface area contributed by atoms with Crippen molar-refractivity contribution in [2.24, 2.45) is 0 Å². The van der Waals surface area contributed by atoms with Crippen molar-refractivity contribution in [3.8, 4) is 0 Å². The molecule has 0 unspecified atom stereocenters. The first kappa shape index (κ1) is 10.7. The minimum absolute atomic E-state index is 0.00433. The number of hydrogen-bond donors (Lipinski definition) is 2. The summed E-state index contributed by atoms with van der Waals surface area (Å²) in [5.41, 5.74) is 6.23. The summed E-state index contributed by atoms with van der Waals surface area (Å²) in [7, 11) is 0. The molecule has 0 fully saturated rings. The van der Waals surface area contributed by atoms with Crippen LogP contribution < -0.4 is 5.32 Å². The summed E-state index contributed by atoms with van der Waals surface area (Å²) in [5.74, 6) is 0.00433. The Labute approximate surface area is 95.3 Å². The number of aromatic amines is 1. The number of nitrogens with one attached hydrogen (secondary N) is 2. The fourth-order valence-corrected chi connectivity index (χ4v) is 1.74. The third-order valence-electron chi connectivity index (χ3n) is 3.28. The monoisotopic (exact) mass is 216 g/mol. The van der Waals surface area contributed by atoms with Crippen LogP contribution in [-0.2, 0) is 4.79 Å². The Morgan fingerprint density at radius 2 is 1.81 bits per heavy atom. The zero-order chi connectivity index (χ0) is 11.9. The van der Waals surface area contributed by atoms with Crippen LogP contribution in [0.3, 0.4) is 0 Å². The molecule has 1 aromatic rings. The van der Waals surface area contributed by atoms with Crippen LogP contribution in [0.5, 0.6) is 0 Å². The molecule has 2 rings (SSSR count). The van der Waals surface area contributed by atoms with Gasteiger partial charge in [0.25, 0.3) is 5.91 Å². The Hall–Kier alpha value is -1.77. The van der Waals surface area contributed by atoms with Crippen molar-refractivity contribution in [2.45, 2.75) is 27.7 Å². The van der Waals surface area contributed by atoms with Gasteiger partial charge in [0.05, 0.1) is 0 Å². The molecular formula is C13H16N2O. The molecule has 2 heterocycles. The highest BCUT2D eigenvalue weighted by atomic mass is 16.1. The van der Waals surface area contributed by atoms with E-state index >= 15 is 0 Å². The van der Waals surface area contributed by atoms with Crippen molar-refractivity contribution in [3.05, 3.63) is 39.9 Å². The lowest BCUT2D eigenvalue weighted by atomic mass is 10.1. The standard InChI is InChI=1S/C13H16N2O/c1-7-6-14-11(8(7)2)5-12-9(3)10(4)13(16)15-12/h5-6,14H,1-4H3,(H,15,16)/b12-5-. The molecule has 0 radical (unpaired) electrons. The third-order valence-corrected chi connectivity index (χ3v) is 3.28. The Morgan fingerprint density at radius 1 is 1.12 bits per heavy atom. The summed E-state index contributed by atoms with van der Waals surface area (Å²) in [6.45, 7) is 7.94. The van der Waals surface area contributed by atoms with Crippen LogP contribution in [0.15, 0.2) is 23.0 Å². The lowest BCUT2D eigenvalue weighted by molar-refractivity contribution is -0.116. The van der Waals surface area contributed by atoms with Gasteiger partial charge in [0, 0.05) is 23.2 Å². The van der Waals surface area contributed by atoms with E-state index in [1.807, 2.05) is 26.1 Å². The van der Waals surface area contributed by atoms with Crippen LogP contribution >= 0.6 is 0 Å². The van der Waals surface area contributed by atoms with Crippen molar-refractivity contribution in [1.82, 2.24) is 10.3 Å². The van der Waals surface area contributed by atoms with E-state index in [0.717, 1.165) is 22.5 Å². The number of carbonyl (C=O) groups is 1. The van der Waals surface area contributed by atoms with Gasteiger partial charge in [-0.15, -0.1) is 0 Å². The summed E-state index contributed by atoms with van der Waals surface area (Å²) in [6, 6.07) is 0. The van der Waals surface area contributed by atoms with Gasteiger partial charge in [0.2, 0.25) is 0 Å². The lowest BCUT2D eigenvalue weighted by Crippen LogP contribution is -2.15. The molecule has 0 spiro atoms. The highest BCUT2D eigenvalue weighted by molar-refractivity contribution is 6.00. The second-order valence-corrected chi connectivity index (χ2v) is 4.27. The van der Waals surface area contributed by atoms with Gasteiger partial charge in [-0.1, -0.05) is 0 Å². The second-order valence-electron chi connectivity index (χ2n) is 4.27. The van der Waals surface area contributed by atoms with E-state index in [4.69, 9.17) is 0 Å². The fourth-order valence-electron chi connectivity index (χ4n) is 1.74. The summed E-state index contributed by atoms with van der Waals surface area (Å²) in [4.78, 5) is 14.7. The van der Waals surface area contributed by atoms with E-state index in [9.17, 15) is 4.79 Å². The summed E-state index contributed by atoms with van der Waals surface area (Å²) >= 11 is 0. The van der Waals surface area contributed by atoms with Crippen LogP contribution in [0.1, 0.15) is 30.7 Å². The van der Waals surface area contributed by atoms with E-state index in [0.29, 0.717) is 0 Å². The van der Waals surface area contributed by atoms with Crippen molar-refractivity contribution in [2.75, 3.05) is 0 Å². The molecule has 1 aliphatic heterocycles. The number of aryl methyl sites for hydroxylation is 1. The van der Waals surface area contributed by atoms with Gasteiger partial charge in [-0.05, 0) is 50.5 Å². The molecule has 84 valence electrons. The Balaban J connectivity index is 2.41. The molecule has 0 atom stereocenters. The zero-order valence-electron chi connectivity index (χ0n) is 10.1. The van der Waals surface area contributed by atoms with Gasteiger partial charge in [-0.2, -0.15) is 0 Å². The van der Waals surface area contributed by atoms with E-state index in [-0.39, 0.29) is 5.91 Å². The molecule has 3 nitrogen and oxygen atoms in total. The highest BCUT2D eigenvalue weighted by Gasteiger charge is 2.20. The number of aromatic nitrogens is 1. The predicted octanol–water partition coefficient (Wildman–Crippen LogP) is 2.44. The number of hydrogen-bond acceptors (Lipinski definition) is 1. The second kappa shape index (κ2) is 3.67. The first-order valence-corrected chi connectivity index (χ1v) is 5.36. The van der Waals surface area contributed by atoms with E-state index in [1.54, 1.807) is 0 Å². The van der Waals surface area contributed by atoms with Crippen LogP contribution in [-0.4, -0.2) is 10.9 Å². The van der Waals surface area contributed by atoms with Gasteiger partial charge in [-0.25, -0.2) is 0 Å². The molecule has 16 heavy (non-hydrogen) atoms. The molecule has 1 aromatic heterocycles. The Morgan fingerprint density at radius 3 is 2.25 bits per heavy atom. The number of rotatable bonds is 1. The van der Waals surface area contributed by atoms with Crippen LogP contribution in [0.4, 0.5) is 0 Å².